The summed E-state index contributed by atoms with van der Waals surface area (Å²) >= 11 is 5.65. The zero-order chi connectivity index (χ0) is 10.7. The SMILES string of the molecule is COc1cc(Cl)cnc1C(N)C(=O)O. The first kappa shape index (κ1) is 10.7. The summed E-state index contributed by atoms with van der Waals surface area (Å²) in [4.78, 5) is 14.4. The molecule has 0 aliphatic rings. The van der Waals surface area contributed by atoms with E-state index in [2.05, 4.69) is 4.98 Å². The summed E-state index contributed by atoms with van der Waals surface area (Å²) in [6, 6.07) is 0.259. The van der Waals surface area contributed by atoms with Crippen molar-refractivity contribution >= 4 is 17.6 Å². The van der Waals surface area contributed by atoms with E-state index in [1.165, 1.54) is 19.4 Å². The fourth-order valence-electron chi connectivity index (χ4n) is 0.945. The second-order valence-electron chi connectivity index (χ2n) is 2.56. The summed E-state index contributed by atoms with van der Waals surface area (Å²) in [6.07, 6.45) is 1.32. The third-order valence-corrected chi connectivity index (χ3v) is 1.84. The molecule has 0 aromatic carbocycles. The molecular formula is C8H9ClN2O3. The molecule has 1 unspecified atom stereocenters. The molecule has 1 atom stereocenters. The summed E-state index contributed by atoms with van der Waals surface area (Å²) < 4.78 is 4.91. The first-order chi connectivity index (χ1) is 6.56. The Balaban J connectivity index is 3.13. The van der Waals surface area contributed by atoms with Gasteiger partial charge in [-0.25, -0.2) is 0 Å². The molecule has 1 heterocycles. The van der Waals surface area contributed by atoms with Crippen LogP contribution in [-0.2, 0) is 4.79 Å². The van der Waals surface area contributed by atoms with Crippen molar-refractivity contribution in [3.8, 4) is 5.75 Å². The molecule has 0 aliphatic carbocycles. The van der Waals surface area contributed by atoms with Crippen molar-refractivity contribution in [1.29, 1.82) is 0 Å². The van der Waals surface area contributed by atoms with Gasteiger partial charge in [0.25, 0.3) is 0 Å². The average Bonchev–Trinajstić information content (AvgIpc) is 2.16. The van der Waals surface area contributed by atoms with Crippen LogP contribution in [0, 0.1) is 0 Å². The number of hydrogen-bond acceptors (Lipinski definition) is 4. The van der Waals surface area contributed by atoms with Crippen molar-refractivity contribution in [2.45, 2.75) is 6.04 Å². The van der Waals surface area contributed by atoms with Gasteiger partial charge in [-0.05, 0) is 0 Å². The predicted molar refractivity (Wildman–Crippen MR) is 50.4 cm³/mol. The smallest absolute Gasteiger partial charge is 0.326 e. The Bertz CT molecular complexity index is 356. The Labute approximate surface area is 85.5 Å². The summed E-state index contributed by atoms with van der Waals surface area (Å²) in [7, 11) is 1.39. The van der Waals surface area contributed by atoms with Crippen LogP contribution in [0.3, 0.4) is 0 Å². The summed E-state index contributed by atoms with van der Waals surface area (Å²) in [6.45, 7) is 0. The molecule has 76 valence electrons. The van der Waals surface area contributed by atoms with Gasteiger partial charge < -0.3 is 15.6 Å². The fourth-order valence-corrected chi connectivity index (χ4v) is 1.09. The molecule has 6 heteroatoms. The predicted octanol–water partition coefficient (Wildman–Crippen LogP) is 0.828. The van der Waals surface area contributed by atoms with E-state index < -0.39 is 12.0 Å². The molecule has 0 amide bonds. The van der Waals surface area contributed by atoms with E-state index in [1.54, 1.807) is 0 Å². The summed E-state index contributed by atoms with van der Waals surface area (Å²) in [5.74, 6) is -0.898. The van der Waals surface area contributed by atoms with Gasteiger partial charge in [0, 0.05) is 12.3 Å². The molecule has 0 radical (unpaired) electrons. The molecule has 0 fully saturated rings. The molecule has 5 nitrogen and oxygen atoms in total. The number of carboxylic acids is 1. The van der Waals surface area contributed by atoms with E-state index in [1.807, 2.05) is 0 Å². The Morgan fingerprint density at radius 3 is 2.93 bits per heavy atom. The largest absolute Gasteiger partial charge is 0.495 e. The van der Waals surface area contributed by atoms with Crippen LogP contribution in [0.2, 0.25) is 5.02 Å². The summed E-state index contributed by atoms with van der Waals surface area (Å²) in [5, 5.41) is 9.04. The highest BCUT2D eigenvalue weighted by Crippen LogP contribution is 2.24. The number of carboxylic acid groups (broad SMARTS) is 1. The third kappa shape index (κ3) is 2.12. The summed E-state index contributed by atoms with van der Waals surface area (Å²) in [5.41, 5.74) is 5.54. The van der Waals surface area contributed by atoms with Gasteiger partial charge in [-0.3, -0.25) is 9.78 Å². The van der Waals surface area contributed by atoms with Crippen molar-refractivity contribution < 1.29 is 14.6 Å². The molecule has 0 saturated carbocycles. The lowest BCUT2D eigenvalue weighted by Crippen LogP contribution is -2.22. The maximum absolute atomic E-state index is 10.6. The second kappa shape index (κ2) is 4.26. The van der Waals surface area contributed by atoms with Crippen LogP contribution in [0.1, 0.15) is 11.7 Å². The minimum atomic E-state index is -1.21. The number of pyridine rings is 1. The quantitative estimate of drug-likeness (QED) is 0.782. The van der Waals surface area contributed by atoms with Crippen LogP contribution in [0.15, 0.2) is 12.3 Å². The molecule has 0 bridgehead atoms. The Morgan fingerprint density at radius 2 is 2.43 bits per heavy atom. The van der Waals surface area contributed by atoms with Crippen molar-refractivity contribution in [3.63, 3.8) is 0 Å². The van der Waals surface area contributed by atoms with E-state index >= 15 is 0 Å². The number of rotatable bonds is 3. The standard InChI is InChI=1S/C8H9ClN2O3/c1-14-5-2-4(9)3-11-7(5)6(10)8(12)13/h2-3,6H,10H2,1H3,(H,12,13). The molecule has 14 heavy (non-hydrogen) atoms. The van der Waals surface area contributed by atoms with Crippen molar-refractivity contribution in [1.82, 2.24) is 4.98 Å². The molecule has 3 N–H and O–H groups in total. The van der Waals surface area contributed by atoms with Gasteiger partial charge in [0.15, 0.2) is 0 Å². The van der Waals surface area contributed by atoms with E-state index in [0.717, 1.165) is 0 Å². The zero-order valence-electron chi connectivity index (χ0n) is 7.40. The molecule has 0 spiro atoms. The van der Waals surface area contributed by atoms with Gasteiger partial charge in [-0.15, -0.1) is 0 Å². The lowest BCUT2D eigenvalue weighted by Gasteiger charge is -2.10. The topological polar surface area (TPSA) is 85.4 Å². The average molecular weight is 217 g/mol. The number of nitrogens with two attached hydrogens (primary N) is 1. The number of aliphatic carboxylic acids is 1. The highest BCUT2D eigenvalue weighted by atomic mass is 35.5. The monoisotopic (exact) mass is 216 g/mol. The first-order valence-electron chi connectivity index (χ1n) is 3.74. The van der Waals surface area contributed by atoms with Crippen molar-refractivity contribution in [3.05, 3.63) is 23.0 Å². The number of ether oxygens (including phenoxy) is 1. The van der Waals surface area contributed by atoms with Crippen LogP contribution in [0.25, 0.3) is 0 Å². The van der Waals surface area contributed by atoms with Gasteiger partial charge in [0.05, 0.1) is 12.1 Å². The minimum absolute atomic E-state index is 0.157. The van der Waals surface area contributed by atoms with E-state index in [-0.39, 0.29) is 11.4 Å². The maximum Gasteiger partial charge on any atom is 0.326 e. The highest BCUT2D eigenvalue weighted by Gasteiger charge is 2.20. The zero-order valence-corrected chi connectivity index (χ0v) is 8.15. The van der Waals surface area contributed by atoms with Crippen LogP contribution < -0.4 is 10.5 Å². The van der Waals surface area contributed by atoms with Crippen molar-refractivity contribution in [2.75, 3.05) is 7.11 Å². The Kier molecular flexibility index (Phi) is 3.27. The molecule has 0 saturated heterocycles. The lowest BCUT2D eigenvalue weighted by molar-refractivity contribution is -0.138. The van der Waals surface area contributed by atoms with Crippen molar-refractivity contribution in [2.24, 2.45) is 5.73 Å². The fraction of sp³-hybridized carbons (Fsp3) is 0.250. The Hall–Kier alpha value is -1.33. The molecule has 1 rings (SSSR count). The molecule has 0 aliphatic heterocycles. The first-order valence-corrected chi connectivity index (χ1v) is 4.12. The second-order valence-corrected chi connectivity index (χ2v) is 2.99. The van der Waals surface area contributed by atoms with Crippen LogP contribution in [-0.4, -0.2) is 23.2 Å². The van der Waals surface area contributed by atoms with Gasteiger partial charge in [0.1, 0.15) is 17.5 Å². The van der Waals surface area contributed by atoms with E-state index in [9.17, 15) is 4.79 Å². The molecular weight excluding hydrogens is 208 g/mol. The van der Waals surface area contributed by atoms with Crippen LogP contribution in [0.4, 0.5) is 0 Å². The van der Waals surface area contributed by atoms with Gasteiger partial charge in [0.2, 0.25) is 0 Å². The third-order valence-electron chi connectivity index (χ3n) is 1.63. The van der Waals surface area contributed by atoms with Gasteiger partial charge in [-0.1, -0.05) is 11.6 Å². The Morgan fingerprint density at radius 1 is 1.79 bits per heavy atom. The molecule has 1 aromatic rings. The number of nitrogens with zero attached hydrogens (tertiary/aromatic N) is 1. The molecule has 1 aromatic heterocycles. The lowest BCUT2D eigenvalue weighted by atomic mass is 10.2. The minimum Gasteiger partial charge on any atom is -0.495 e. The maximum atomic E-state index is 10.6. The number of hydrogen-bond donors (Lipinski definition) is 2. The van der Waals surface area contributed by atoms with Crippen LogP contribution >= 0.6 is 11.6 Å². The van der Waals surface area contributed by atoms with Gasteiger partial charge in [-0.2, -0.15) is 0 Å². The van der Waals surface area contributed by atoms with Crippen LogP contribution in [0.5, 0.6) is 5.75 Å². The number of halogens is 1. The normalized spacial score (nSPS) is 12.2. The van der Waals surface area contributed by atoms with Gasteiger partial charge >= 0.3 is 5.97 Å². The number of aromatic nitrogens is 1. The highest BCUT2D eigenvalue weighted by molar-refractivity contribution is 6.30. The van der Waals surface area contributed by atoms with E-state index in [4.69, 9.17) is 27.2 Å². The number of methoxy groups -OCH3 is 1. The van der Waals surface area contributed by atoms with E-state index in [0.29, 0.717) is 5.02 Å². The number of carbonyl (C=O) groups is 1.